The largest absolute Gasteiger partial charge is 0.505 e. The van der Waals surface area contributed by atoms with Crippen LogP contribution in [0.5, 0.6) is 5.75 Å². The number of fused-ring (bicyclic) bond motifs is 1. The number of aromatic hydroxyl groups is 1. The lowest BCUT2D eigenvalue weighted by Gasteiger charge is -2.33. The maximum atomic E-state index is 9.87. The molecule has 1 unspecified atom stereocenters. The fourth-order valence-electron chi connectivity index (χ4n) is 3.68. The number of nitrogens with zero attached hydrogens (tertiary/aromatic N) is 2. The molecule has 4 nitrogen and oxygen atoms in total. The van der Waals surface area contributed by atoms with Gasteiger partial charge in [0, 0.05) is 11.6 Å². The summed E-state index contributed by atoms with van der Waals surface area (Å²) in [6, 6.07) is 11.4. The summed E-state index contributed by atoms with van der Waals surface area (Å²) < 4.78 is 0. The highest BCUT2D eigenvalue weighted by Gasteiger charge is 2.27. The predicted molar refractivity (Wildman–Crippen MR) is 123 cm³/mol. The molecule has 0 saturated carbocycles. The minimum Gasteiger partial charge on any atom is -0.505 e. The number of allylic oxidation sites excluding steroid dienone is 2. The Bertz CT molecular complexity index is 1220. The van der Waals surface area contributed by atoms with Gasteiger partial charge in [-0.3, -0.25) is 4.98 Å². The molecule has 6 heteroatoms. The van der Waals surface area contributed by atoms with E-state index in [-0.39, 0.29) is 21.3 Å². The summed E-state index contributed by atoms with van der Waals surface area (Å²) in [4.78, 5) is 4.45. The normalized spacial score (nSPS) is 17.8. The molecule has 1 aromatic heterocycles. The van der Waals surface area contributed by atoms with Crippen molar-refractivity contribution >= 4 is 39.8 Å². The Morgan fingerprint density at radius 3 is 2.57 bits per heavy atom. The van der Waals surface area contributed by atoms with Crippen molar-refractivity contribution in [2.24, 2.45) is 0 Å². The molecule has 1 aliphatic carbocycles. The Labute approximate surface area is 185 Å². The average molecular weight is 436 g/mol. The third-order valence-corrected chi connectivity index (χ3v) is 6.06. The lowest BCUT2D eigenvalue weighted by atomic mass is 9.87. The highest BCUT2D eigenvalue weighted by molar-refractivity contribution is 6.37. The standard InChI is InChI=1S/C24H19Cl2N3O/c1-2-24(8-4-3-5-9-24)29-22-17(13-27)14-28-21-7-6-15(10-18(21)22)16-11-19(25)23(30)20(26)12-16/h3-8,10-12,14,30H,2,9H2,1H3,(H,28,29). The van der Waals surface area contributed by atoms with E-state index in [9.17, 15) is 10.4 Å². The molecule has 0 saturated heterocycles. The van der Waals surface area contributed by atoms with Gasteiger partial charge in [-0.05, 0) is 48.2 Å². The van der Waals surface area contributed by atoms with Crippen LogP contribution in [0.15, 0.2) is 60.8 Å². The molecule has 4 rings (SSSR count). The van der Waals surface area contributed by atoms with E-state index in [2.05, 4.69) is 35.4 Å². The average Bonchev–Trinajstić information content (AvgIpc) is 2.77. The van der Waals surface area contributed by atoms with Gasteiger partial charge >= 0.3 is 0 Å². The van der Waals surface area contributed by atoms with E-state index in [0.717, 1.165) is 40.6 Å². The zero-order chi connectivity index (χ0) is 21.3. The number of halogens is 2. The summed E-state index contributed by atoms with van der Waals surface area (Å²) in [6.07, 6.45) is 11.6. The minimum atomic E-state index is -0.268. The lowest BCUT2D eigenvalue weighted by molar-refractivity contribution is 0.476. The van der Waals surface area contributed by atoms with Gasteiger partial charge < -0.3 is 10.4 Å². The molecule has 0 amide bonds. The Morgan fingerprint density at radius 1 is 1.17 bits per heavy atom. The molecule has 0 spiro atoms. The van der Waals surface area contributed by atoms with E-state index in [1.165, 1.54) is 0 Å². The number of aromatic nitrogens is 1. The number of phenolic OH excluding ortho intramolecular Hbond substituents is 1. The number of phenols is 1. The van der Waals surface area contributed by atoms with Crippen molar-refractivity contribution < 1.29 is 5.11 Å². The second kappa shape index (κ2) is 8.02. The molecule has 3 aromatic rings. The van der Waals surface area contributed by atoms with E-state index >= 15 is 0 Å². The van der Waals surface area contributed by atoms with Gasteiger partial charge in [-0.2, -0.15) is 5.26 Å². The fraction of sp³-hybridized carbons (Fsp3) is 0.167. The third kappa shape index (κ3) is 3.63. The molecule has 1 aliphatic rings. The van der Waals surface area contributed by atoms with Crippen LogP contribution < -0.4 is 5.32 Å². The van der Waals surface area contributed by atoms with E-state index < -0.39 is 0 Å². The van der Waals surface area contributed by atoms with Crippen LogP contribution in [0.2, 0.25) is 10.0 Å². The summed E-state index contributed by atoms with van der Waals surface area (Å²) in [5.74, 6) is -0.138. The number of anilines is 1. The first-order valence-electron chi connectivity index (χ1n) is 9.60. The van der Waals surface area contributed by atoms with E-state index in [1.54, 1.807) is 18.3 Å². The molecule has 2 aromatic carbocycles. The second-order valence-corrected chi connectivity index (χ2v) is 8.12. The highest BCUT2D eigenvalue weighted by Crippen LogP contribution is 2.39. The van der Waals surface area contributed by atoms with E-state index in [1.807, 2.05) is 30.4 Å². The van der Waals surface area contributed by atoms with Crippen molar-refractivity contribution in [3.05, 3.63) is 76.4 Å². The predicted octanol–water partition coefficient (Wildman–Crippen LogP) is 6.86. The molecule has 30 heavy (non-hydrogen) atoms. The highest BCUT2D eigenvalue weighted by atomic mass is 35.5. The van der Waals surface area contributed by atoms with Gasteiger partial charge in [0.2, 0.25) is 0 Å². The van der Waals surface area contributed by atoms with Crippen molar-refractivity contribution in [1.82, 2.24) is 4.98 Å². The molecular formula is C24H19Cl2N3O. The quantitative estimate of drug-likeness (QED) is 0.469. The zero-order valence-electron chi connectivity index (χ0n) is 16.3. The van der Waals surface area contributed by atoms with Gasteiger partial charge in [0.1, 0.15) is 6.07 Å². The molecular weight excluding hydrogens is 417 g/mol. The molecule has 0 radical (unpaired) electrons. The van der Waals surface area contributed by atoms with Crippen LogP contribution >= 0.6 is 23.2 Å². The molecule has 0 fully saturated rings. The van der Waals surface area contributed by atoms with Crippen LogP contribution in [0, 0.1) is 11.3 Å². The second-order valence-electron chi connectivity index (χ2n) is 7.31. The molecule has 0 aliphatic heterocycles. The molecule has 150 valence electrons. The third-order valence-electron chi connectivity index (χ3n) is 5.49. The van der Waals surface area contributed by atoms with Crippen molar-refractivity contribution in [3.8, 4) is 22.9 Å². The monoisotopic (exact) mass is 435 g/mol. The molecule has 0 bridgehead atoms. The van der Waals surface area contributed by atoms with Crippen LogP contribution in [0.25, 0.3) is 22.0 Å². The number of benzene rings is 2. The molecule has 1 atom stereocenters. The number of pyridine rings is 1. The number of nitrogens with one attached hydrogen (secondary N) is 1. The molecule has 2 N–H and O–H groups in total. The Morgan fingerprint density at radius 2 is 1.93 bits per heavy atom. The topological polar surface area (TPSA) is 68.9 Å². The van der Waals surface area contributed by atoms with Crippen LogP contribution in [-0.2, 0) is 0 Å². The first-order valence-corrected chi connectivity index (χ1v) is 10.4. The van der Waals surface area contributed by atoms with Crippen molar-refractivity contribution in [1.29, 1.82) is 5.26 Å². The lowest BCUT2D eigenvalue weighted by Crippen LogP contribution is -2.36. The van der Waals surface area contributed by atoms with Crippen molar-refractivity contribution in [2.45, 2.75) is 25.3 Å². The summed E-state index contributed by atoms with van der Waals surface area (Å²) in [5, 5.41) is 24.4. The van der Waals surface area contributed by atoms with Crippen LogP contribution in [0.1, 0.15) is 25.3 Å². The Balaban J connectivity index is 1.89. The van der Waals surface area contributed by atoms with Crippen LogP contribution in [0.4, 0.5) is 5.69 Å². The molecule has 1 heterocycles. The number of hydrogen-bond acceptors (Lipinski definition) is 4. The Kier molecular flexibility index (Phi) is 5.42. The summed E-state index contributed by atoms with van der Waals surface area (Å²) in [6.45, 7) is 2.12. The minimum absolute atomic E-state index is 0.138. The SMILES string of the molecule is CCC1(Nc2c(C#N)cnc3ccc(-c4cc(Cl)c(O)c(Cl)c4)cc23)C=CC=CC1. The van der Waals surface area contributed by atoms with Gasteiger partial charge in [-0.1, -0.05) is 60.5 Å². The van der Waals surface area contributed by atoms with Gasteiger partial charge in [0.05, 0.1) is 32.4 Å². The maximum Gasteiger partial charge on any atom is 0.152 e. The van der Waals surface area contributed by atoms with Crippen molar-refractivity contribution in [2.75, 3.05) is 5.32 Å². The first kappa shape index (κ1) is 20.3. The fourth-order valence-corrected chi connectivity index (χ4v) is 4.17. The summed E-state index contributed by atoms with van der Waals surface area (Å²) in [7, 11) is 0. The van der Waals surface area contributed by atoms with E-state index in [0.29, 0.717) is 5.56 Å². The van der Waals surface area contributed by atoms with E-state index in [4.69, 9.17) is 23.2 Å². The van der Waals surface area contributed by atoms with Gasteiger partial charge in [-0.15, -0.1) is 0 Å². The van der Waals surface area contributed by atoms with Gasteiger partial charge in [0.15, 0.2) is 5.75 Å². The maximum absolute atomic E-state index is 9.87. The number of hydrogen-bond donors (Lipinski definition) is 2. The first-order chi connectivity index (χ1) is 14.5. The van der Waals surface area contributed by atoms with Crippen LogP contribution in [0.3, 0.4) is 0 Å². The smallest absolute Gasteiger partial charge is 0.152 e. The summed E-state index contributed by atoms with van der Waals surface area (Å²) in [5.41, 5.74) is 3.37. The summed E-state index contributed by atoms with van der Waals surface area (Å²) >= 11 is 12.2. The van der Waals surface area contributed by atoms with Crippen molar-refractivity contribution in [3.63, 3.8) is 0 Å². The zero-order valence-corrected chi connectivity index (χ0v) is 17.8. The number of rotatable bonds is 4. The van der Waals surface area contributed by atoms with Gasteiger partial charge in [-0.25, -0.2) is 0 Å². The van der Waals surface area contributed by atoms with Crippen LogP contribution in [-0.4, -0.2) is 15.6 Å². The van der Waals surface area contributed by atoms with Gasteiger partial charge in [0.25, 0.3) is 0 Å². The Hall–Kier alpha value is -3.00. The number of nitriles is 1.